The first-order valence-corrected chi connectivity index (χ1v) is 5.57. The molecule has 3 N–H and O–H groups in total. The number of carbonyl (C=O) groups is 1. The predicted molar refractivity (Wildman–Crippen MR) is 65.8 cm³/mol. The molecule has 1 rings (SSSR count). The number of carbonyl (C=O) groups excluding carboxylic acids is 1. The monoisotopic (exact) mass is 220 g/mol. The van der Waals surface area contributed by atoms with Crippen molar-refractivity contribution in [2.75, 3.05) is 6.54 Å². The number of rotatable bonds is 4. The van der Waals surface area contributed by atoms with Crippen molar-refractivity contribution in [3.8, 4) is 0 Å². The molecule has 1 unspecified atom stereocenters. The van der Waals surface area contributed by atoms with Gasteiger partial charge in [0.05, 0.1) is 0 Å². The van der Waals surface area contributed by atoms with Gasteiger partial charge in [0.25, 0.3) is 0 Å². The van der Waals surface area contributed by atoms with Crippen LogP contribution in [0.4, 0.5) is 0 Å². The summed E-state index contributed by atoms with van der Waals surface area (Å²) in [5, 5.41) is 2.86. The van der Waals surface area contributed by atoms with Crippen LogP contribution in [-0.2, 0) is 10.3 Å². The summed E-state index contributed by atoms with van der Waals surface area (Å²) in [7, 11) is 0. The van der Waals surface area contributed by atoms with E-state index in [2.05, 4.69) is 19.2 Å². The normalized spacial score (nSPS) is 14.6. The van der Waals surface area contributed by atoms with E-state index in [0.717, 1.165) is 5.56 Å². The first-order chi connectivity index (χ1) is 7.44. The highest BCUT2D eigenvalue weighted by atomic mass is 16.2. The third-order valence-electron chi connectivity index (χ3n) is 2.52. The molecule has 0 saturated heterocycles. The van der Waals surface area contributed by atoms with Gasteiger partial charge in [-0.3, -0.25) is 4.79 Å². The summed E-state index contributed by atoms with van der Waals surface area (Å²) in [4.78, 5) is 11.9. The lowest BCUT2D eigenvalue weighted by Crippen LogP contribution is -2.49. The Bertz CT molecular complexity index is 344. The van der Waals surface area contributed by atoms with E-state index in [4.69, 9.17) is 5.73 Å². The minimum absolute atomic E-state index is 0.132. The van der Waals surface area contributed by atoms with Crippen LogP contribution in [0.25, 0.3) is 0 Å². The molecule has 0 saturated carbocycles. The molecule has 0 heterocycles. The molecule has 0 aliphatic heterocycles. The zero-order valence-electron chi connectivity index (χ0n) is 10.2. The smallest absolute Gasteiger partial charge is 0.244 e. The molecule has 1 amide bonds. The van der Waals surface area contributed by atoms with Gasteiger partial charge in [-0.1, -0.05) is 44.2 Å². The maximum atomic E-state index is 11.9. The fourth-order valence-corrected chi connectivity index (χ4v) is 1.40. The number of benzene rings is 1. The van der Waals surface area contributed by atoms with Crippen LogP contribution in [0, 0.1) is 5.92 Å². The Labute approximate surface area is 97.0 Å². The molecule has 0 radical (unpaired) electrons. The molecule has 16 heavy (non-hydrogen) atoms. The SMILES string of the molecule is CC(C)CNC(=O)C(C)(N)c1ccccc1. The summed E-state index contributed by atoms with van der Waals surface area (Å²) in [6.45, 7) is 6.49. The molecule has 88 valence electrons. The summed E-state index contributed by atoms with van der Waals surface area (Å²) in [6.07, 6.45) is 0. The molecule has 0 fully saturated rings. The van der Waals surface area contributed by atoms with Crippen molar-refractivity contribution in [1.29, 1.82) is 0 Å². The van der Waals surface area contributed by atoms with Crippen LogP contribution < -0.4 is 11.1 Å². The standard InChI is InChI=1S/C13H20N2O/c1-10(2)9-15-12(16)13(3,14)11-7-5-4-6-8-11/h4-8,10H,9,14H2,1-3H3,(H,15,16). The van der Waals surface area contributed by atoms with Gasteiger partial charge in [0.15, 0.2) is 0 Å². The van der Waals surface area contributed by atoms with Crippen LogP contribution in [0.2, 0.25) is 0 Å². The molecule has 3 heteroatoms. The maximum Gasteiger partial charge on any atom is 0.244 e. The molecule has 0 aliphatic carbocycles. The van der Waals surface area contributed by atoms with Crippen molar-refractivity contribution >= 4 is 5.91 Å². The van der Waals surface area contributed by atoms with E-state index in [-0.39, 0.29) is 5.91 Å². The third kappa shape index (κ3) is 3.07. The van der Waals surface area contributed by atoms with E-state index in [0.29, 0.717) is 12.5 Å². The molecule has 1 atom stereocenters. The van der Waals surface area contributed by atoms with Crippen LogP contribution in [0.5, 0.6) is 0 Å². The Morgan fingerprint density at radius 3 is 2.44 bits per heavy atom. The lowest BCUT2D eigenvalue weighted by molar-refractivity contribution is -0.126. The van der Waals surface area contributed by atoms with E-state index >= 15 is 0 Å². The van der Waals surface area contributed by atoms with Gasteiger partial charge >= 0.3 is 0 Å². The van der Waals surface area contributed by atoms with Crippen LogP contribution in [0.15, 0.2) is 30.3 Å². The summed E-state index contributed by atoms with van der Waals surface area (Å²) < 4.78 is 0. The zero-order valence-corrected chi connectivity index (χ0v) is 10.2. The van der Waals surface area contributed by atoms with Gasteiger partial charge in [-0.2, -0.15) is 0 Å². The van der Waals surface area contributed by atoms with E-state index in [9.17, 15) is 4.79 Å². The summed E-state index contributed by atoms with van der Waals surface area (Å²) in [6, 6.07) is 9.42. The topological polar surface area (TPSA) is 55.1 Å². The number of nitrogens with one attached hydrogen (secondary N) is 1. The molecule has 0 bridgehead atoms. The second-order valence-corrected chi connectivity index (χ2v) is 4.67. The van der Waals surface area contributed by atoms with E-state index in [1.807, 2.05) is 30.3 Å². The summed E-state index contributed by atoms with van der Waals surface area (Å²) in [5.74, 6) is 0.294. The predicted octanol–water partition coefficient (Wildman–Crippen LogP) is 1.63. The highest BCUT2D eigenvalue weighted by Crippen LogP contribution is 2.17. The Morgan fingerprint density at radius 1 is 1.38 bits per heavy atom. The number of amides is 1. The molecular weight excluding hydrogens is 200 g/mol. The summed E-state index contributed by atoms with van der Waals surface area (Å²) in [5.41, 5.74) is 5.92. The van der Waals surface area contributed by atoms with Gasteiger partial charge in [0, 0.05) is 6.54 Å². The number of hydrogen-bond acceptors (Lipinski definition) is 2. The van der Waals surface area contributed by atoms with E-state index in [1.165, 1.54) is 0 Å². The molecule has 0 aliphatic rings. The maximum absolute atomic E-state index is 11.9. The van der Waals surface area contributed by atoms with Crippen LogP contribution in [0.3, 0.4) is 0 Å². The minimum atomic E-state index is -0.962. The average Bonchev–Trinajstić information content (AvgIpc) is 2.27. The fourth-order valence-electron chi connectivity index (χ4n) is 1.40. The van der Waals surface area contributed by atoms with Crippen LogP contribution in [-0.4, -0.2) is 12.5 Å². The Balaban J connectivity index is 2.74. The van der Waals surface area contributed by atoms with Crippen molar-refractivity contribution in [3.05, 3.63) is 35.9 Å². The molecule has 3 nitrogen and oxygen atoms in total. The second kappa shape index (κ2) is 5.12. The average molecular weight is 220 g/mol. The number of nitrogens with two attached hydrogens (primary N) is 1. The number of hydrogen-bond donors (Lipinski definition) is 2. The van der Waals surface area contributed by atoms with Crippen molar-refractivity contribution in [2.45, 2.75) is 26.3 Å². The first-order valence-electron chi connectivity index (χ1n) is 5.57. The second-order valence-electron chi connectivity index (χ2n) is 4.67. The Morgan fingerprint density at radius 2 is 1.94 bits per heavy atom. The highest BCUT2D eigenvalue weighted by Gasteiger charge is 2.29. The van der Waals surface area contributed by atoms with Crippen molar-refractivity contribution in [1.82, 2.24) is 5.32 Å². The lowest BCUT2D eigenvalue weighted by Gasteiger charge is -2.24. The van der Waals surface area contributed by atoms with E-state index < -0.39 is 5.54 Å². The van der Waals surface area contributed by atoms with E-state index in [1.54, 1.807) is 6.92 Å². The zero-order chi connectivity index (χ0) is 12.2. The van der Waals surface area contributed by atoms with Crippen molar-refractivity contribution in [3.63, 3.8) is 0 Å². The molecule has 1 aromatic carbocycles. The molecule has 0 aromatic heterocycles. The van der Waals surface area contributed by atoms with Gasteiger partial charge in [0.1, 0.15) is 5.54 Å². The van der Waals surface area contributed by atoms with Gasteiger partial charge < -0.3 is 11.1 Å². The Kier molecular flexibility index (Phi) is 4.07. The quantitative estimate of drug-likeness (QED) is 0.810. The van der Waals surface area contributed by atoms with Crippen LogP contribution >= 0.6 is 0 Å². The molecule has 0 spiro atoms. The third-order valence-corrected chi connectivity index (χ3v) is 2.52. The van der Waals surface area contributed by atoms with Gasteiger partial charge in [0.2, 0.25) is 5.91 Å². The van der Waals surface area contributed by atoms with Gasteiger partial charge in [-0.05, 0) is 18.4 Å². The largest absolute Gasteiger partial charge is 0.354 e. The lowest BCUT2D eigenvalue weighted by atomic mass is 9.92. The van der Waals surface area contributed by atoms with Crippen molar-refractivity contribution in [2.24, 2.45) is 11.7 Å². The van der Waals surface area contributed by atoms with Gasteiger partial charge in [-0.25, -0.2) is 0 Å². The van der Waals surface area contributed by atoms with Gasteiger partial charge in [-0.15, -0.1) is 0 Å². The highest BCUT2D eigenvalue weighted by molar-refractivity contribution is 5.86. The fraction of sp³-hybridized carbons (Fsp3) is 0.462. The molecule has 1 aromatic rings. The Hall–Kier alpha value is -1.35. The summed E-state index contributed by atoms with van der Waals surface area (Å²) >= 11 is 0. The van der Waals surface area contributed by atoms with Crippen LogP contribution in [0.1, 0.15) is 26.3 Å². The first kappa shape index (κ1) is 12.7. The van der Waals surface area contributed by atoms with Crippen molar-refractivity contribution < 1.29 is 4.79 Å². The molecular formula is C13H20N2O. The minimum Gasteiger partial charge on any atom is -0.354 e.